The average Bonchev–Trinajstić information content (AvgIpc) is 2.70. The minimum Gasteiger partial charge on any atom is -0.497 e. The van der Waals surface area contributed by atoms with Crippen molar-refractivity contribution in [3.63, 3.8) is 0 Å². The van der Waals surface area contributed by atoms with E-state index in [1.807, 2.05) is 6.92 Å². The minimum absolute atomic E-state index is 0.0190. The summed E-state index contributed by atoms with van der Waals surface area (Å²) in [6, 6.07) is 18.3. The fourth-order valence-electron chi connectivity index (χ4n) is 2.51. The molecule has 0 unspecified atom stereocenters. The Labute approximate surface area is 170 Å². The quantitative estimate of drug-likeness (QED) is 0.594. The highest BCUT2D eigenvalue weighted by Crippen LogP contribution is 2.22. The maximum absolute atomic E-state index is 12.5. The Morgan fingerprint density at radius 3 is 1.41 bits per heavy atom. The van der Waals surface area contributed by atoms with Crippen molar-refractivity contribution in [1.82, 2.24) is 0 Å². The Kier molecular flexibility index (Phi) is 5.81. The van der Waals surface area contributed by atoms with Gasteiger partial charge in [-0.25, -0.2) is 16.8 Å². The van der Waals surface area contributed by atoms with Gasteiger partial charge < -0.3 is 4.74 Å². The summed E-state index contributed by atoms with van der Waals surface area (Å²) in [6.45, 7) is 1.91. The molecule has 0 bridgehead atoms. The molecule has 0 saturated carbocycles. The number of hydrogen-bond donors (Lipinski definition) is 2. The molecule has 3 aromatic rings. The van der Waals surface area contributed by atoms with Crippen LogP contribution in [0.3, 0.4) is 0 Å². The zero-order valence-electron chi connectivity index (χ0n) is 15.8. The zero-order valence-corrected chi connectivity index (χ0v) is 17.4. The van der Waals surface area contributed by atoms with Gasteiger partial charge in [0.05, 0.1) is 16.9 Å². The van der Waals surface area contributed by atoms with E-state index in [4.69, 9.17) is 4.74 Å². The highest BCUT2D eigenvalue weighted by Gasteiger charge is 2.17. The van der Waals surface area contributed by atoms with Crippen LogP contribution in [-0.2, 0) is 20.0 Å². The Hall–Kier alpha value is -3.04. The molecule has 0 heterocycles. The average molecular weight is 433 g/mol. The summed E-state index contributed by atoms with van der Waals surface area (Å²) < 4.78 is 59.9. The summed E-state index contributed by atoms with van der Waals surface area (Å²) in [5.74, 6) is 0.541. The Morgan fingerprint density at radius 2 is 1.00 bits per heavy atom. The molecule has 0 aliphatic heterocycles. The first-order chi connectivity index (χ1) is 13.7. The summed E-state index contributed by atoms with van der Waals surface area (Å²) in [4.78, 5) is 0.0847. The normalized spacial score (nSPS) is 11.7. The van der Waals surface area contributed by atoms with Gasteiger partial charge in [0.25, 0.3) is 20.0 Å². The topological polar surface area (TPSA) is 102 Å². The van der Waals surface area contributed by atoms with Gasteiger partial charge >= 0.3 is 0 Å². The largest absolute Gasteiger partial charge is 0.497 e. The van der Waals surface area contributed by atoms with Gasteiger partial charge in [0, 0.05) is 11.4 Å². The van der Waals surface area contributed by atoms with Crippen LogP contribution >= 0.6 is 0 Å². The molecule has 0 aliphatic carbocycles. The Bertz CT molecular complexity index is 1190. The summed E-state index contributed by atoms with van der Waals surface area (Å²) in [6.07, 6.45) is 0. The molecule has 3 aromatic carbocycles. The predicted molar refractivity (Wildman–Crippen MR) is 112 cm³/mol. The molecule has 0 radical (unpaired) electrons. The second-order valence-electron chi connectivity index (χ2n) is 6.28. The van der Waals surface area contributed by atoms with E-state index >= 15 is 0 Å². The van der Waals surface area contributed by atoms with E-state index in [1.54, 1.807) is 36.4 Å². The molecule has 0 amide bonds. The van der Waals surface area contributed by atoms with E-state index in [-0.39, 0.29) is 15.5 Å². The summed E-state index contributed by atoms with van der Waals surface area (Å²) in [7, 11) is -6.11. The molecule has 0 aliphatic rings. The van der Waals surface area contributed by atoms with E-state index < -0.39 is 20.0 Å². The van der Waals surface area contributed by atoms with Crippen LogP contribution in [0.15, 0.2) is 82.6 Å². The van der Waals surface area contributed by atoms with Crippen molar-refractivity contribution in [2.24, 2.45) is 0 Å². The second kappa shape index (κ2) is 8.14. The SMILES string of the molecule is COc1ccc(S(=O)(=O)Nc2ccc(S(=O)(=O)Nc3ccc(C)cc3)cc2)cc1. The van der Waals surface area contributed by atoms with Crippen LogP contribution in [0.4, 0.5) is 11.4 Å². The fraction of sp³-hybridized carbons (Fsp3) is 0.100. The molecule has 3 rings (SSSR count). The van der Waals surface area contributed by atoms with Crippen LogP contribution in [0.2, 0.25) is 0 Å². The molecule has 7 nitrogen and oxygen atoms in total. The predicted octanol–water partition coefficient (Wildman–Crippen LogP) is 3.61. The van der Waals surface area contributed by atoms with E-state index in [2.05, 4.69) is 9.44 Å². The van der Waals surface area contributed by atoms with Crippen LogP contribution in [0.5, 0.6) is 5.75 Å². The molecule has 29 heavy (non-hydrogen) atoms. The van der Waals surface area contributed by atoms with Gasteiger partial charge in [0.1, 0.15) is 5.75 Å². The van der Waals surface area contributed by atoms with Crippen LogP contribution < -0.4 is 14.2 Å². The van der Waals surface area contributed by atoms with E-state index in [0.717, 1.165) is 5.56 Å². The lowest BCUT2D eigenvalue weighted by molar-refractivity contribution is 0.414. The molecule has 2 N–H and O–H groups in total. The van der Waals surface area contributed by atoms with Crippen LogP contribution in [0.1, 0.15) is 5.56 Å². The van der Waals surface area contributed by atoms with Gasteiger partial charge in [0.2, 0.25) is 0 Å². The molecular formula is C20H20N2O5S2. The van der Waals surface area contributed by atoms with E-state index in [0.29, 0.717) is 11.4 Å². The zero-order chi connectivity index (χ0) is 21.1. The van der Waals surface area contributed by atoms with Crippen LogP contribution in [0, 0.1) is 6.92 Å². The Balaban J connectivity index is 1.75. The van der Waals surface area contributed by atoms with Crippen molar-refractivity contribution in [1.29, 1.82) is 0 Å². The third-order valence-electron chi connectivity index (χ3n) is 4.09. The summed E-state index contributed by atoms with van der Waals surface area (Å²) in [5.41, 5.74) is 1.71. The lowest BCUT2D eigenvalue weighted by atomic mass is 10.2. The van der Waals surface area contributed by atoms with Gasteiger partial charge in [-0.1, -0.05) is 17.7 Å². The van der Waals surface area contributed by atoms with Crippen LogP contribution in [0.25, 0.3) is 0 Å². The second-order valence-corrected chi connectivity index (χ2v) is 9.64. The number of rotatable bonds is 7. The molecule has 0 fully saturated rings. The smallest absolute Gasteiger partial charge is 0.261 e. The first kappa shape index (κ1) is 20.7. The number of ether oxygens (including phenoxy) is 1. The van der Waals surface area contributed by atoms with E-state index in [1.165, 1.54) is 43.5 Å². The monoisotopic (exact) mass is 432 g/mol. The van der Waals surface area contributed by atoms with Crippen molar-refractivity contribution in [2.75, 3.05) is 16.6 Å². The molecule has 9 heteroatoms. The number of sulfonamides is 2. The number of hydrogen-bond acceptors (Lipinski definition) is 5. The van der Waals surface area contributed by atoms with Gasteiger partial charge in [-0.3, -0.25) is 9.44 Å². The maximum atomic E-state index is 12.5. The number of aryl methyl sites for hydroxylation is 1. The highest BCUT2D eigenvalue weighted by molar-refractivity contribution is 7.93. The number of benzene rings is 3. The lowest BCUT2D eigenvalue weighted by Gasteiger charge is -2.11. The van der Waals surface area contributed by atoms with E-state index in [9.17, 15) is 16.8 Å². The maximum Gasteiger partial charge on any atom is 0.261 e. The van der Waals surface area contributed by atoms with Crippen molar-refractivity contribution in [3.8, 4) is 5.75 Å². The molecule has 0 spiro atoms. The van der Waals surface area contributed by atoms with Crippen LogP contribution in [-0.4, -0.2) is 23.9 Å². The van der Waals surface area contributed by atoms with Gasteiger partial charge in [-0.2, -0.15) is 0 Å². The van der Waals surface area contributed by atoms with Gasteiger partial charge in [0.15, 0.2) is 0 Å². The molecule has 152 valence electrons. The number of methoxy groups -OCH3 is 1. The number of anilines is 2. The standard InChI is InChI=1S/C20H20N2O5S2/c1-15-3-5-16(6-4-15)21-28(23,24)19-11-7-17(8-12-19)22-29(25,26)20-13-9-18(27-2)10-14-20/h3-14,21-22H,1-2H3. The molecule has 0 saturated heterocycles. The van der Waals surface area contributed by atoms with Gasteiger partial charge in [-0.15, -0.1) is 0 Å². The van der Waals surface area contributed by atoms with Crippen molar-refractivity contribution >= 4 is 31.4 Å². The van der Waals surface area contributed by atoms with Crippen molar-refractivity contribution in [2.45, 2.75) is 16.7 Å². The van der Waals surface area contributed by atoms with Crippen molar-refractivity contribution in [3.05, 3.63) is 78.4 Å². The fourth-order valence-corrected chi connectivity index (χ4v) is 4.62. The summed E-state index contributed by atoms with van der Waals surface area (Å²) >= 11 is 0. The Morgan fingerprint density at radius 1 is 0.621 bits per heavy atom. The minimum atomic E-state index is -3.81. The highest BCUT2D eigenvalue weighted by atomic mass is 32.2. The lowest BCUT2D eigenvalue weighted by Crippen LogP contribution is -2.14. The van der Waals surface area contributed by atoms with Crippen molar-refractivity contribution < 1.29 is 21.6 Å². The number of nitrogens with one attached hydrogen (secondary N) is 2. The molecule has 0 aromatic heterocycles. The molecule has 0 atom stereocenters. The first-order valence-electron chi connectivity index (χ1n) is 8.56. The third-order valence-corrected chi connectivity index (χ3v) is 6.88. The third kappa shape index (κ3) is 5.07. The molecular weight excluding hydrogens is 412 g/mol. The first-order valence-corrected chi connectivity index (χ1v) is 11.5. The van der Waals surface area contributed by atoms with Gasteiger partial charge in [-0.05, 0) is 67.6 Å². The summed E-state index contributed by atoms with van der Waals surface area (Å²) in [5, 5.41) is 0.